The Kier molecular flexibility index (Phi) is 5.23. The van der Waals surface area contributed by atoms with Crippen LogP contribution in [0, 0.1) is 0 Å². The Hall–Kier alpha value is -1.52. The average Bonchev–Trinajstić information content (AvgIpc) is 2.55. The molecule has 3 nitrogen and oxygen atoms in total. The van der Waals surface area contributed by atoms with Gasteiger partial charge in [-0.25, -0.2) is 4.98 Å². The van der Waals surface area contributed by atoms with E-state index in [1.165, 1.54) is 0 Å². The minimum Gasteiger partial charge on any atom is -0.504 e. The summed E-state index contributed by atoms with van der Waals surface area (Å²) in [7, 11) is 0. The van der Waals surface area contributed by atoms with Crippen molar-refractivity contribution < 1.29 is 9.84 Å². The molecule has 5 heteroatoms. The van der Waals surface area contributed by atoms with Crippen LogP contribution in [0.4, 0.5) is 0 Å². The first-order chi connectivity index (χ1) is 11.2. The van der Waals surface area contributed by atoms with Crippen molar-refractivity contribution in [3.8, 4) is 11.5 Å². The van der Waals surface area contributed by atoms with Gasteiger partial charge in [-0.3, -0.25) is 0 Å². The van der Waals surface area contributed by atoms with Crippen molar-refractivity contribution in [2.45, 2.75) is 19.3 Å². The van der Waals surface area contributed by atoms with E-state index in [1.54, 1.807) is 6.07 Å². The van der Waals surface area contributed by atoms with E-state index in [4.69, 9.17) is 16.3 Å². The van der Waals surface area contributed by atoms with Crippen LogP contribution in [-0.2, 0) is 0 Å². The number of aromatic nitrogens is 1. The smallest absolute Gasteiger partial charge is 0.167 e. The van der Waals surface area contributed by atoms with Gasteiger partial charge >= 0.3 is 0 Å². The zero-order valence-electron chi connectivity index (χ0n) is 12.6. The Morgan fingerprint density at radius 1 is 1.04 bits per heavy atom. The highest BCUT2D eigenvalue weighted by Gasteiger charge is 2.10. The summed E-state index contributed by atoms with van der Waals surface area (Å²) in [5.41, 5.74) is 1.54. The molecule has 0 radical (unpaired) electrons. The van der Waals surface area contributed by atoms with Crippen molar-refractivity contribution in [2.24, 2.45) is 0 Å². The highest BCUT2D eigenvalue weighted by atomic mass is 79.9. The average molecular weight is 395 g/mol. The molecule has 0 aliphatic heterocycles. The third kappa shape index (κ3) is 3.70. The molecule has 3 rings (SSSR count). The number of rotatable bonds is 6. The van der Waals surface area contributed by atoms with Gasteiger partial charge in [0.1, 0.15) is 0 Å². The zero-order valence-corrected chi connectivity index (χ0v) is 14.9. The van der Waals surface area contributed by atoms with E-state index in [0.717, 1.165) is 41.0 Å². The van der Waals surface area contributed by atoms with Gasteiger partial charge in [0.25, 0.3) is 0 Å². The van der Waals surface area contributed by atoms with Crippen LogP contribution in [0.15, 0.2) is 36.4 Å². The number of benzene rings is 2. The Labute approximate surface area is 148 Å². The summed E-state index contributed by atoms with van der Waals surface area (Å²) in [5.74, 6) is 0.652. The Morgan fingerprint density at radius 2 is 1.91 bits per heavy atom. The van der Waals surface area contributed by atoms with Gasteiger partial charge in [0.05, 0.1) is 17.6 Å². The predicted molar refractivity (Wildman–Crippen MR) is 99.1 cm³/mol. The minimum atomic E-state index is 0.146. The topological polar surface area (TPSA) is 42.4 Å². The number of nitrogens with zero attached hydrogens (tertiary/aromatic N) is 1. The lowest BCUT2D eigenvalue weighted by molar-refractivity contribution is 0.292. The standard InChI is InChI=1S/C18H17BrClNO2/c19-8-2-1-3-9-23-17-7-6-15-14(18(17)22)10-12-4-5-13(20)11-16(12)21-15/h4-7,10-11,22H,1-3,8-9H2. The van der Waals surface area contributed by atoms with Crippen LogP contribution in [0.5, 0.6) is 11.5 Å². The van der Waals surface area contributed by atoms with Crippen LogP contribution >= 0.6 is 27.5 Å². The first-order valence-corrected chi connectivity index (χ1v) is 9.10. The second-order valence-corrected chi connectivity index (χ2v) is 6.63. The SMILES string of the molecule is Oc1c(OCCCCCBr)ccc2nc3cc(Cl)ccc3cc12. The van der Waals surface area contributed by atoms with Crippen molar-refractivity contribution in [1.29, 1.82) is 0 Å². The van der Waals surface area contributed by atoms with Crippen LogP contribution in [0.2, 0.25) is 5.02 Å². The Bertz CT molecular complexity index is 838. The molecule has 2 aromatic carbocycles. The molecule has 1 heterocycles. The highest BCUT2D eigenvalue weighted by molar-refractivity contribution is 9.09. The monoisotopic (exact) mass is 393 g/mol. The first-order valence-electron chi connectivity index (χ1n) is 7.60. The molecule has 23 heavy (non-hydrogen) atoms. The summed E-state index contributed by atoms with van der Waals surface area (Å²) in [6.07, 6.45) is 3.20. The van der Waals surface area contributed by atoms with Gasteiger partial charge in [-0.1, -0.05) is 33.6 Å². The lowest BCUT2D eigenvalue weighted by Gasteiger charge is -2.10. The van der Waals surface area contributed by atoms with Crippen LogP contribution < -0.4 is 4.74 Å². The number of pyridine rings is 1. The molecule has 0 aliphatic carbocycles. The number of aromatic hydroxyl groups is 1. The molecule has 0 atom stereocenters. The number of ether oxygens (including phenoxy) is 1. The van der Waals surface area contributed by atoms with E-state index < -0.39 is 0 Å². The largest absolute Gasteiger partial charge is 0.504 e. The van der Waals surface area contributed by atoms with E-state index in [2.05, 4.69) is 20.9 Å². The molecule has 0 fully saturated rings. The number of phenolic OH excluding ortho intramolecular Hbond substituents is 1. The normalized spacial score (nSPS) is 11.2. The molecule has 0 amide bonds. The zero-order chi connectivity index (χ0) is 16.2. The van der Waals surface area contributed by atoms with Crippen LogP contribution in [0.3, 0.4) is 0 Å². The molecular weight excluding hydrogens is 378 g/mol. The number of unbranched alkanes of at least 4 members (excludes halogenated alkanes) is 2. The summed E-state index contributed by atoms with van der Waals surface area (Å²) < 4.78 is 5.71. The van der Waals surface area contributed by atoms with Gasteiger partial charge in [0.15, 0.2) is 11.5 Å². The van der Waals surface area contributed by atoms with Gasteiger partial charge in [0.2, 0.25) is 0 Å². The molecule has 3 aromatic rings. The fourth-order valence-corrected chi connectivity index (χ4v) is 3.07. The van der Waals surface area contributed by atoms with E-state index in [-0.39, 0.29) is 5.75 Å². The minimum absolute atomic E-state index is 0.146. The molecule has 0 unspecified atom stereocenters. The summed E-state index contributed by atoms with van der Waals surface area (Å²) in [6.45, 7) is 0.600. The van der Waals surface area contributed by atoms with E-state index >= 15 is 0 Å². The predicted octanol–water partition coefficient (Wildman–Crippen LogP) is 5.69. The van der Waals surface area contributed by atoms with Crippen molar-refractivity contribution in [2.75, 3.05) is 11.9 Å². The molecule has 1 aromatic heterocycles. The molecule has 0 spiro atoms. The molecular formula is C18H17BrClNO2. The first kappa shape index (κ1) is 16.3. The lowest BCUT2D eigenvalue weighted by Crippen LogP contribution is -1.98. The highest BCUT2D eigenvalue weighted by Crippen LogP contribution is 2.35. The molecule has 0 saturated heterocycles. The summed E-state index contributed by atoms with van der Waals surface area (Å²) in [6, 6.07) is 11.1. The Balaban J connectivity index is 1.88. The molecule has 120 valence electrons. The van der Waals surface area contributed by atoms with Gasteiger partial charge in [-0.2, -0.15) is 0 Å². The van der Waals surface area contributed by atoms with Crippen LogP contribution in [0.1, 0.15) is 19.3 Å². The van der Waals surface area contributed by atoms with Crippen LogP contribution in [0.25, 0.3) is 21.8 Å². The van der Waals surface area contributed by atoms with E-state index in [1.807, 2.05) is 30.3 Å². The molecule has 0 aliphatic rings. The van der Waals surface area contributed by atoms with Crippen molar-refractivity contribution >= 4 is 49.3 Å². The van der Waals surface area contributed by atoms with Gasteiger partial charge in [0, 0.05) is 21.1 Å². The van der Waals surface area contributed by atoms with E-state index in [0.29, 0.717) is 22.8 Å². The van der Waals surface area contributed by atoms with Gasteiger partial charge in [-0.05, 0) is 49.6 Å². The van der Waals surface area contributed by atoms with E-state index in [9.17, 15) is 5.11 Å². The molecule has 0 saturated carbocycles. The number of phenols is 1. The number of alkyl halides is 1. The summed E-state index contributed by atoms with van der Waals surface area (Å²) in [4.78, 5) is 4.56. The number of hydrogen-bond donors (Lipinski definition) is 1. The second kappa shape index (κ2) is 7.37. The second-order valence-electron chi connectivity index (χ2n) is 5.40. The number of halogens is 2. The maximum atomic E-state index is 10.5. The fourth-order valence-electron chi connectivity index (χ4n) is 2.51. The third-order valence-corrected chi connectivity index (χ3v) is 4.52. The fraction of sp³-hybridized carbons (Fsp3) is 0.278. The van der Waals surface area contributed by atoms with Crippen molar-refractivity contribution in [1.82, 2.24) is 4.98 Å². The third-order valence-electron chi connectivity index (χ3n) is 3.73. The Morgan fingerprint density at radius 3 is 2.74 bits per heavy atom. The summed E-state index contributed by atoms with van der Waals surface area (Å²) in [5, 5.41) is 13.8. The van der Waals surface area contributed by atoms with Gasteiger partial charge in [-0.15, -0.1) is 0 Å². The number of hydrogen-bond acceptors (Lipinski definition) is 3. The molecule has 0 bridgehead atoms. The number of fused-ring (bicyclic) bond motifs is 2. The van der Waals surface area contributed by atoms with Crippen molar-refractivity contribution in [3.05, 3.63) is 41.4 Å². The quantitative estimate of drug-likeness (QED) is 0.332. The van der Waals surface area contributed by atoms with Crippen LogP contribution in [-0.4, -0.2) is 22.0 Å². The lowest BCUT2D eigenvalue weighted by atomic mass is 10.1. The maximum absolute atomic E-state index is 10.5. The van der Waals surface area contributed by atoms with Crippen molar-refractivity contribution in [3.63, 3.8) is 0 Å². The molecule has 1 N–H and O–H groups in total. The summed E-state index contributed by atoms with van der Waals surface area (Å²) >= 11 is 9.42. The van der Waals surface area contributed by atoms with Gasteiger partial charge < -0.3 is 9.84 Å². The maximum Gasteiger partial charge on any atom is 0.167 e.